The summed E-state index contributed by atoms with van der Waals surface area (Å²) in [6.07, 6.45) is -3.95. The minimum Gasteiger partial charge on any atom is -0.368 e. The van der Waals surface area contributed by atoms with Gasteiger partial charge in [0, 0.05) is 19.4 Å². The minimum absolute atomic E-state index is 0.0807. The van der Waals surface area contributed by atoms with Gasteiger partial charge in [0.2, 0.25) is 11.8 Å². The molecule has 0 bridgehead atoms. The maximum Gasteiger partial charge on any atom is 0.416 e. The molecule has 0 fully saturated rings. The molecular formula is C21H21F3N2O2. The summed E-state index contributed by atoms with van der Waals surface area (Å²) in [5, 5.41) is 0. The van der Waals surface area contributed by atoms with Crippen LogP contribution in [0.3, 0.4) is 0 Å². The van der Waals surface area contributed by atoms with Gasteiger partial charge >= 0.3 is 6.18 Å². The molecule has 0 spiro atoms. The third-order valence-electron chi connectivity index (χ3n) is 5.19. The first kappa shape index (κ1) is 19.9. The highest BCUT2D eigenvalue weighted by atomic mass is 19.4. The molecular weight excluding hydrogens is 369 g/mol. The molecule has 0 saturated carbocycles. The van der Waals surface area contributed by atoms with Crippen LogP contribution in [0, 0.1) is 0 Å². The van der Waals surface area contributed by atoms with Crippen molar-refractivity contribution < 1.29 is 22.8 Å². The summed E-state index contributed by atoms with van der Waals surface area (Å²) >= 11 is 0. The molecule has 1 aliphatic heterocycles. The number of nitrogens with zero attached hydrogens (tertiary/aromatic N) is 1. The molecule has 2 amide bonds. The van der Waals surface area contributed by atoms with Crippen molar-refractivity contribution in [3.05, 3.63) is 70.8 Å². The Morgan fingerprint density at radius 3 is 2.29 bits per heavy atom. The van der Waals surface area contributed by atoms with Crippen molar-refractivity contribution in [2.75, 3.05) is 0 Å². The second-order valence-electron chi connectivity index (χ2n) is 7.14. The van der Waals surface area contributed by atoms with Gasteiger partial charge in [0.25, 0.3) is 0 Å². The molecule has 0 radical (unpaired) electrons. The quantitative estimate of drug-likeness (QED) is 0.866. The van der Waals surface area contributed by atoms with Crippen LogP contribution in [-0.2, 0) is 28.7 Å². The van der Waals surface area contributed by atoms with E-state index < -0.39 is 23.7 Å². The number of amides is 2. The predicted molar refractivity (Wildman–Crippen MR) is 98.2 cm³/mol. The Labute approximate surface area is 161 Å². The summed E-state index contributed by atoms with van der Waals surface area (Å²) in [5.74, 6) is -1.10. The lowest BCUT2D eigenvalue weighted by molar-refractivity contribution is -0.141. The molecule has 0 aliphatic carbocycles. The lowest BCUT2D eigenvalue weighted by atomic mass is 9.91. The molecule has 1 aliphatic rings. The highest BCUT2D eigenvalue weighted by Gasteiger charge is 2.34. The first-order valence-electron chi connectivity index (χ1n) is 8.99. The number of nitrogens with two attached hydrogens (primary N) is 1. The summed E-state index contributed by atoms with van der Waals surface area (Å²) < 4.78 is 38.1. The average Bonchev–Trinajstić information content (AvgIpc) is 2.66. The van der Waals surface area contributed by atoms with Crippen LogP contribution in [0.5, 0.6) is 0 Å². The number of halogens is 3. The van der Waals surface area contributed by atoms with E-state index in [1.165, 1.54) is 17.0 Å². The van der Waals surface area contributed by atoms with Gasteiger partial charge in [0.15, 0.2) is 0 Å². The normalized spacial score (nSPS) is 17.7. The molecule has 2 atom stereocenters. The number of primary amides is 1. The maximum atomic E-state index is 12.9. The Morgan fingerprint density at radius 2 is 1.71 bits per heavy atom. The summed E-state index contributed by atoms with van der Waals surface area (Å²) in [5.41, 5.74) is 7.38. The number of fused-ring (bicyclic) bond motifs is 1. The first-order chi connectivity index (χ1) is 13.2. The average molecular weight is 390 g/mol. The summed E-state index contributed by atoms with van der Waals surface area (Å²) in [6, 6.07) is 11.7. The van der Waals surface area contributed by atoms with E-state index in [-0.39, 0.29) is 18.2 Å². The van der Waals surface area contributed by atoms with Crippen LogP contribution in [0.1, 0.15) is 41.5 Å². The van der Waals surface area contributed by atoms with Crippen LogP contribution < -0.4 is 5.73 Å². The molecule has 2 N–H and O–H groups in total. The monoisotopic (exact) mass is 390 g/mol. The molecule has 148 valence electrons. The lowest BCUT2D eigenvalue weighted by Gasteiger charge is -2.35. The van der Waals surface area contributed by atoms with Gasteiger partial charge in [0.1, 0.15) is 6.04 Å². The Hall–Kier alpha value is -2.83. The second-order valence-corrected chi connectivity index (χ2v) is 7.14. The highest BCUT2D eigenvalue weighted by molar-refractivity contribution is 5.87. The van der Waals surface area contributed by atoms with Gasteiger partial charge in [-0.2, -0.15) is 13.2 Å². The molecule has 0 saturated heterocycles. The smallest absolute Gasteiger partial charge is 0.368 e. The van der Waals surface area contributed by atoms with E-state index in [1.807, 2.05) is 24.3 Å². The standard InChI is InChI=1S/C21H21F3N2O2/c1-13(14-6-8-17(9-7-14)21(22,23)24)10-19(27)26-12-16-5-3-2-4-15(16)11-18(26)20(25)28/h2-9,13,18H,10-12H2,1H3,(H2,25,28)/t13?,18-/m1/s1. The summed E-state index contributed by atoms with van der Waals surface area (Å²) in [6.45, 7) is 2.07. The van der Waals surface area contributed by atoms with Crippen molar-refractivity contribution in [3.8, 4) is 0 Å². The van der Waals surface area contributed by atoms with Gasteiger partial charge in [-0.15, -0.1) is 0 Å². The largest absolute Gasteiger partial charge is 0.416 e. The molecule has 28 heavy (non-hydrogen) atoms. The molecule has 0 aromatic heterocycles. The third kappa shape index (κ3) is 4.18. The maximum absolute atomic E-state index is 12.9. The number of hydrogen-bond acceptors (Lipinski definition) is 2. The second kappa shape index (κ2) is 7.66. The minimum atomic E-state index is -4.40. The number of carbonyl (C=O) groups excluding carboxylic acids is 2. The van der Waals surface area contributed by atoms with Gasteiger partial charge in [-0.1, -0.05) is 43.3 Å². The zero-order valence-electron chi connectivity index (χ0n) is 15.4. The Morgan fingerprint density at radius 1 is 1.11 bits per heavy atom. The van der Waals surface area contributed by atoms with Gasteiger partial charge in [-0.05, 0) is 34.7 Å². The molecule has 1 unspecified atom stereocenters. The first-order valence-corrected chi connectivity index (χ1v) is 8.99. The fraction of sp³-hybridized carbons (Fsp3) is 0.333. The van der Waals surface area contributed by atoms with Crippen LogP contribution in [0.15, 0.2) is 48.5 Å². The van der Waals surface area contributed by atoms with Gasteiger partial charge in [-0.25, -0.2) is 0 Å². The molecule has 4 nitrogen and oxygen atoms in total. The SMILES string of the molecule is CC(CC(=O)N1Cc2ccccc2C[C@@H]1C(N)=O)c1ccc(C(F)(F)F)cc1. The van der Waals surface area contributed by atoms with Crippen molar-refractivity contribution in [1.29, 1.82) is 0 Å². The van der Waals surface area contributed by atoms with Crippen molar-refractivity contribution >= 4 is 11.8 Å². The number of rotatable bonds is 4. The van der Waals surface area contributed by atoms with Gasteiger partial charge in [-0.3, -0.25) is 9.59 Å². The van der Waals surface area contributed by atoms with Crippen molar-refractivity contribution in [2.45, 2.75) is 44.4 Å². The fourth-order valence-corrected chi connectivity index (χ4v) is 3.54. The zero-order valence-corrected chi connectivity index (χ0v) is 15.4. The number of alkyl halides is 3. The number of hydrogen-bond donors (Lipinski definition) is 1. The van der Waals surface area contributed by atoms with Crippen LogP contribution in [0.4, 0.5) is 13.2 Å². The van der Waals surface area contributed by atoms with Crippen LogP contribution in [-0.4, -0.2) is 22.8 Å². The van der Waals surface area contributed by atoms with E-state index in [9.17, 15) is 22.8 Å². The van der Waals surface area contributed by atoms with Crippen molar-refractivity contribution in [1.82, 2.24) is 4.90 Å². The molecule has 7 heteroatoms. The third-order valence-corrected chi connectivity index (χ3v) is 5.19. The molecule has 2 aromatic carbocycles. The van der Waals surface area contributed by atoms with Gasteiger partial charge in [0.05, 0.1) is 5.56 Å². The van der Waals surface area contributed by atoms with E-state index >= 15 is 0 Å². The lowest BCUT2D eigenvalue weighted by Crippen LogP contribution is -2.51. The van der Waals surface area contributed by atoms with E-state index in [0.717, 1.165) is 23.3 Å². The Kier molecular flexibility index (Phi) is 5.45. The molecule has 3 rings (SSSR count). The number of carbonyl (C=O) groups is 2. The van der Waals surface area contributed by atoms with Gasteiger partial charge < -0.3 is 10.6 Å². The Balaban J connectivity index is 1.75. The zero-order chi connectivity index (χ0) is 20.5. The highest BCUT2D eigenvalue weighted by Crippen LogP contribution is 2.31. The summed E-state index contributed by atoms with van der Waals surface area (Å²) in [4.78, 5) is 26.2. The summed E-state index contributed by atoms with van der Waals surface area (Å²) in [7, 11) is 0. The van der Waals surface area contributed by atoms with Crippen molar-refractivity contribution in [2.24, 2.45) is 5.73 Å². The van der Waals surface area contributed by atoms with Crippen LogP contribution >= 0.6 is 0 Å². The van der Waals surface area contributed by atoms with E-state index in [2.05, 4.69) is 0 Å². The topological polar surface area (TPSA) is 63.4 Å². The van der Waals surface area contributed by atoms with Crippen LogP contribution in [0.2, 0.25) is 0 Å². The van der Waals surface area contributed by atoms with E-state index in [1.54, 1.807) is 6.92 Å². The molecule has 2 aromatic rings. The Bertz CT molecular complexity index is 878. The molecule has 1 heterocycles. The predicted octanol–water partition coefficient (Wildman–Crippen LogP) is 3.64. The van der Waals surface area contributed by atoms with E-state index in [4.69, 9.17) is 5.73 Å². The van der Waals surface area contributed by atoms with E-state index in [0.29, 0.717) is 18.5 Å². The van der Waals surface area contributed by atoms with Crippen LogP contribution in [0.25, 0.3) is 0 Å². The fourth-order valence-electron chi connectivity index (χ4n) is 3.54. The number of benzene rings is 2. The van der Waals surface area contributed by atoms with Crippen molar-refractivity contribution in [3.63, 3.8) is 0 Å².